The van der Waals surface area contributed by atoms with Crippen LogP contribution in [-0.4, -0.2) is 62.3 Å². The van der Waals surface area contributed by atoms with Crippen molar-refractivity contribution < 1.29 is 4.74 Å². The molecular formula is C10H22N2O. The molecule has 1 heterocycles. The molecule has 1 aliphatic heterocycles. The van der Waals surface area contributed by atoms with Gasteiger partial charge in [0.25, 0.3) is 0 Å². The van der Waals surface area contributed by atoms with Gasteiger partial charge in [0, 0.05) is 25.7 Å². The molecule has 3 heteroatoms. The van der Waals surface area contributed by atoms with Crippen LogP contribution in [0.4, 0.5) is 0 Å². The molecule has 0 amide bonds. The van der Waals surface area contributed by atoms with Crippen molar-refractivity contribution in [3.63, 3.8) is 0 Å². The van der Waals surface area contributed by atoms with Crippen molar-refractivity contribution in [1.29, 1.82) is 0 Å². The van der Waals surface area contributed by atoms with Gasteiger partial charge in [0.05, 0.1) is 12.7 Å². The molecule has 1 rings (SSSR count). The summed E-state index contributed by atoms with van der Waals surface area (Å²) in [5.74, 6) is 0. The fourth-order valence-corrected chi connectivity index (χ4v) is 1.73. The van der Waals surface area contributed by atoms with Crippen LogP contribution in [0.5, 0.6) is 0 Å². The van der Waals surface area contributed by atoms with Gasteiger partial charge in [0.2, 0.25) is 0 Å². The van der Waals surface area contributed by atoms with Gasteiger partial charge in [-0.2, -0.15) is 0 Å². The van der Waals surface area contributed by atoms with Crippen LogP contribution in [0.2, 0.25) is 0 Å². The summed E-state index contributed by atoms with van der Waals surface area (Å²) < 4.78 is 5.69. The first-order valence-electron chi connectivity index (χ1n) is 5.10. The van der Waals surface area contributed by atoms with E-state index in [9.17, 15) is 0 Å². The third-order valence-electron chi connectivity index (χ3n) is 2.47. The summed E-state index contributed by atoms with van der Waals surface area (Å²) in [6.45, 7) is 8.58. The molecule has 0 aromatic carbocycles. The second-order valence-electron chi connectivity index (χ2n) is 4.34. The number of morpholine rings is 1. The first-order valence-corrected chi connectivity index (χ1v) is 5.10. The Bertz CT molecular complexity index is 148. The summed E-state index contributed by atoms with van der Waals surface area (Å²) in [5, 5.41) is 0. The molecule has 78 valence electrons. The van der Waals surface area contributed by atoms with E-state index >= 15 is 0 Å². The molecular weight excluding hydrogens is 164 g/mol. The van der Waals surface area contributed by atoms with E-state index in [1.807, 2.05) is 0 Å². The highest BCUT2D eigenvalue weighted by Crippen LogP contribution is 2.08. The van der Waals surface area contributed by atoms with E-state index in [-0.39, 0.29) is 0 Å². The minimum absolute atomic E-state index is 0.395. The van der Waals surface area contributed by atoms with Crippen molar-refractivity contribution in [3.05, 3.63) is 0 Å². The highest BCUT2D eigenvalue weighted by atomic mass is 16.5. The van der Waals surface area contributed by atoms with E-state index in [0.717, 1.165) is 26.2 Å². The van der Waals surface area contributed by atoms with Crippen LogP contribution in [0.15, 0.2) is 0 Å². The first-order chi connectivity index (χ1) is 6.09. The Morgan fingerprint density at radius 3 is 2.69 bits per heavy atom. The monoisotopic (exact) mass is 186 g/mol. The third kappa shape index (κ3) is 3.63. The zero-order valence-corrected chi connectivity index (χ0v) is 9.29. The van der Waals surface area contributed by atoms with E-state index in [1.54, 1.807) is 0 Å². The smallest absolute Gasteiger partial charge is 0.0829 e. The Kier molecular flexibility index (Phi) is 4.16. The molecule has 13 heavy (non-hydrogen) atoms. The van der Waals surface area contributed by atoms with Gasteiger partial charge in [-0.15, -0.1) is 0 Å². The molecule has 1 atom stereocenters. The van der Waals surface area contributed by atoms with E-state index in [4.69, 9.17) is 4.74 Å². The summed E-state index contributed by atoms with van der Waals surface area (Å²) >= 11 is 0. The molecule has 0 radical (unpaired) electrons. The van der Waals surface area contributed by atoms with Crippen LogP contribution in [0.25, 0.3) is 0 Å². The molecule has 0 spiro atoms. The van der Waals surface area contributed by atoms with Gasteiger partial charge in [-0.05, 0) is 27.9 Å². The van der Waals surface area contributed by atoms with Crippen molar-refractivity contribution in [2.45, 2.75) is 26.0 Å². The molecule has 0 aliphatic carbocycles. The topological polar surface area (TPSA) is 15.7 Å². The van der Waals surface area contributed by atoms with Gasteiger partial charge >= 0.3 is 0 Å². The van der Waals surface area contributed by atoms with Gasteiger partial charge in [0.15, 0.2) is 0 Å². The van der Waals surface area contributed by atoms with Crippen molar-refractivity contribution in [1.82, 2.24) is 9.80 Å². The maximum atomic E-state index is 5.69. The van der Waals surface area contributed by atoms with Crippen LogP contribution >= 0.6 is 0 Å². The third-order valence-corrected chi connectivity index (χ3v) is 2.47. The zero-order valence-electron chi connectivity index (χ0n) is 9.29. The Morgan fingerprint density at radius 1 is 1.46 bits per heavy atom. The van der Waals surface area contributed by atoms with E-state index in [1.165, 1.54) is 0 Å². The molecule has 0 aromatic rings. The standard InChI is InChI=1S/C10H22N2O/c1-9(2)12-5-6-13-10(8-12)7-11(3)4/h9-10H,5-8H2,1-4H3/t10-/m0/s1. The lowest BCUT2D eigenvalue weighted by molar-refractivity contribution is -0.0472. The maximum Gasteiger partial charge on any atom is 0.0829 e. The van der Waals surface area contributed by atoms with Crippen LogP contribution in [0.1, 0.15) is 13.8 Å². The van der Waals surface area contributed by atoms with Crippen molar-refractivity contribution in [3.8, 4) is 0 Å². The number of likely N-dealkylation sites (N-methyl/N-ethyl adjacent to an activating group) is 1. The average molecular weight is 186 g/mol. The van der Waals surface area contributed by atoms with Crippen LogP contribution in [-0.2, 0) is 4.74 Å². The molecule has 0 bridgehead atoms. The second kappa shape index (κ2) is 4.94. The first kappa shape index (κ1) is 11.0. The lowest BCUT2D eigenvalue weighted by Crippen LogP contribution is -2.48. The molecule has 1 fully saturated rings. The second-order valence-corrected chi connectivity index (χ2v) is 4.34. The highest BCUT2D eigenvalue weighted by molar-refractivity contribution is 4.75. The molecule has 1 saturated heterocycles. The molecule has 3 nitrogen and oxygen atoms in total. The van der Waals surface area contributed by atoms with Gasteiger partial charge in [0.1, 0.15) is 0 Å². The number of nitrogens with zero attached hydrogens (tertiary/aromatic N) is 2. The number of hydrogen-bond donors (Lipinski definition) is 0. The number of rotatable bonds is 3. The average Bonchev–Trinajstić information content (AvgIpc) is 2.03. The Balaban J connectivity index is 2.33. The van der Waals surface area contributed by atoms with Crippen LogP contribution in [0, 0.1) is 0 Å². The van der Waals surface area contributed by atoms with E-state index < -0.39 is 0 Å². The predicted molar refractivity (Wildman–Crippen MR) is 55.0 cm³/mol. The largest absolute Gasteiger partial charge is 0.374 e. The summed E-state index contributed by atoms with van der Waals surface area (Å²) in [6.07, 6.45) is 0.395. The van der Waals surface area contributed by atoms with Crippen LogP contribution < -0.4 is 0 Å². The summed E-state index contributed by atoms with van der Waals surface area (Å²) in [4.78, 5) is 4.67. The maximum absolute atomic E-state index is 5.69. The fourth-order valence-electron chi connectivity index (χ4n) is 1.73. The van der Waals surface area contributed by atoms with Crippen molar-refractivity contribution in [2.24, 2.45) is 0 Å². The number of hydrogen-bond acceptors (Lipinski definition) is 3. The Morgan fingerprint density at radius 2 is 2.15 bits per heavy atom. The lowest BCUT2D eigenvalue weighted by Gasteiger charge is -2.36. The molecule has 0 unspecified atom stereocenters. The molecule has 0 aromatic heterocycles. The van der Waals surface area contributed by atoms with Gasteiger partial charge < -0.3 is 9.64 Å². The van der Waals surface area contributed by atoms with Crippen molar-refractivity contribution >= 4 is 0 Å². The summed E-state index contributed by atoms with van der Waals surface area (Å²) in [5.41, 5.74) is 0. The highest BCUT2D eigenvalue weighted by Gasteiger charge is 2.22. The Hall–Kier alpha value is -0.120. The normalized spacial score (nSPS) is 25.8. The predicted octanol–water partition coefficient (Wildman–Crippen LogP) is 0.657. The van der Waals surface area contributed by atoms with E-state index in [2.05, 4.69) is 37.7 Å². The fraction of sp³-hybridized carbons (Fsp3) is 1.00. The van der Waals surface area contributed by atoms with E-state index in [0.29, 0.717) is 12.1 Å². The van der Waals surface area contributed by atoms with Crippen molar-refractivity contribution in [2.75, 3.05) is 40.3 Å². The minimum atomic E-state index is 0.395. The quantitative estimate of drug-likeness (QED) is 0.644. The van der Waals surface area contributed by atoms with Gasteiger partial charge in [-0.3, -0.25) is 4.90 Å². The SMILES string of the molecule is CC(C)N1CCO[C@@H](CN(C)C)C1. The number of ether oxygens (including phenoxy) is 1. The van der Waals surface area contributed by atoms with Crippen LogP contribution in [0.3, 0.4) is 0 Å². The van der Waals surface area contributed by atoms with Gasteiger partial charge in [-0.25, -0.2) is 0 Å². The van der Waals surface area contributed by atoms with Gasteiger partial charge in [-0.1, -0.05) is 0 Å². The summed E-state index contributed by atoms with van der Waals surface area (Å²) in [7, 11) is 4.19. The molecule has 1 aliphatic rings. The summed E-state index contributed by atoms with van der Waals surface area (Å²) in [6, 6.07) is 0.647. The molecule has 0 saturated carbocycles. The minimum Gasteiger partial charge on any atom is -0.374 e. The zero-order chi connectivity index (χ0) is 9.84. The lowest BCUT2D eigenvalue weighted by atomic mass is 10.2. The Labute approximate surface area is 81.7 Å². The molecule has 0 N–H and O–H groups in total.